The molecule has 0 radical (unpaired) electrons. The summed E-state index contributed by atoms with van der Waals surface area (Å²) in [6.45, 7) is 1.89. The van der Waals surface area contributed by atoms with Crippen molar-refractivity contribution in [1.82, 2.24) is 14.8 Å². The summed E-state index contributed by atoms with van der Waals surface area (Å²) < 4.78 is 1.72. The van der Waals surface area contributed by atoms with Crippen molar-refractivity contribution >= 4 is 23.3 Å². The molecular formula is C23H19N5O2. The summed E-state index contributed by atoms with van der Waals surface area (Å²) in [6, 6.07) is 23.5. The molecule has 4 rings (SSSR count). The number of para-hydroxylation sites is 1. The second-order valence-corrected chi connectivity index (χ2v) is 6.62. The highest BCUT2D eigenvalue weighted by Crippen LogP contribution is 2.15. The minimum absolute atomic E-state index is 0.248. The molecule has 2 aromatic heterocycles. The van der Waals surface area contributed by atoms with Gasteiger partial charge in [0.1, 0.15) is 5.82 Å². The van der Waals surface area contributed by atoms with E-state index in [-0.39, 0.29) is 11.8 Å². The van der Waals surface area contributed by atoms with Gasteiger partial charge in [0, 0.05) is 11.3 Å². The van der Waals surface area contributed by atoms with Gasteiger partial charge in [0.15, 0.2) is 5.69 Å². The largest absolute Gasteiger partial charge is 0.319 e. The van der Waals surface area contributed by atoms with Crippen molar-refractivity contribution in [1.29, 1.82) is 0 Å². The molecule has 2 N–H and O–H groups in total. The molecule has 0 atom stereocenters. The summed E-state index contributed by atoms with van der Waals surface area (Å²) in [5, 5.41) is 9.89. The van der Waals surface area contributed by atoms with Crippen molar-refractivity contribution in [2.75, 3.05) is 10.6 Å². The molecule has 7 heteroatoms. The van der Waals surface area contributed by atoms with Gasteiger partial charge in [0.05, 0.1) is 17.6 Å². The number of nitrogens with one attached hydrogen (secondary N) is 2. The van der Waals surface area contributed by atoms with Gasteiger partial charge in [-0.15, -0.1) is 0 Å². The fraction of sp³-hybridized carbons (Fsp3) is 0.0435. The second-order valence-electron chi connectivity index (χ2n) is 6.62. The Hall–Kier alpha value is -4.26. The van der Waals surface area contributed by atoms with E-state index in [1.165, 1.54) is 6.20 Å². The highest BCUT2D eigenvalue weighted by Gasteiger charge is 2.14. The molecule has 0 aliphatic rings. The number of aromatic nitrogens is 3. The van der Waals surface area contributed by atoms with Crippen molar-refractivity contribution in [3.05, 3.63) is 102 Å². The van der Waals surface area contributed by atoms with Gasteiger partial charge in [-0.2, -0.15) is 5.10 Å². The van der Waals surface area contributed by atoms with E-state index in [4.69, 9.17) is 0 Å². The minimum Gasteiger partial charge on any atom is -0.319 e. The van der Waals surface area contributed by atoms with E-state index in [1.54, 1.807) is 47.1 Å². The van der Waals surface area contributed by atoms with Gasteiger partial charge in [0.2, 0.25) is 0 Å². The highest BCUT2D eigenvalue weighted by atomic mass is 16.2. The predicted molar refractivity (Wildman–Crippen MR) is 115 cm³/mol. The normalized spacial score (nSPS) is 10.4. The Bertz CT molecular complexity index is 1170. The summed E-state index contributed by atoms with van der Waals surface area (Å²) >= 11 is 0. The average Bonchev–Trinajstić information content (AvgIpc) is 3.18. The van der Waals surface area contributed by atoms with Crippen LogP contribution in [0.15, 0.2) is 85.1 Å². The number of pyridine rings is 1. The van der Waals surface area contributed by atoms with Crippen LogP contribution in [0.5, 0.6) is 0 Å². The Morgan fingerprint density at radius 2 is 1.53 bits per heavy atom. The van der Waals surface area contributed by atoms with E-state index in [1.807, 2.05) is 43.3 Å². The number of nitrogens with zero attached hydrogens (tertiary/aromatic N) is 3. The van der Waals surface area contributed by atoms with Crippen molar-refractivity contribution in [2.24, 2.45) is 0 Å². The van der Waals surface area contributed by atoms with Gasteiger partial charge in [-0.25, -0.2) is 9.67 Å². The van der Waals surface area contributed by atoms with Gasteiger partial charge in [-0.3, -0.25) is 9.59 Å². The summed E-state index contributed by atoms with van der Waals surface area (Å²) in [5.74, 6) is -0.191. The molecule has 0 unspecified atom stereocenters. The Morgan fingerprint density at radius 3 is 2.20 bits per heavy atom. The van der Waals surface area contributed by atoms with Crippen molar-refractivity contribution in [2.45, 2.75) is 6.92 Å². The number of carbonyl (C=O) groups excluding carboxylic acids is 2. The number of carbonyl (C=O) groups is 2. The first-order chi connectivity index (χ1) is 14.6. The maximum absolute atomic E-state index is 12.6. The number of amides is 2. The number of hydrogen-bond acceptors (Lipinski definition) is 4. The van der Waals surface area contributed by atoms with Gasteiger partial charge in [-0.1, -0.05) is 36.4 Å². The molecule has 7 nitrogen and oxygen atoms in total. The maximum Gasteiger partial charge on any atom is 0.276 e. The highest BCUT2D eigenvalue weighted by molar-refractivity contribution is 6.04. The van der Waals surface area contributed by atoms with Gasteiger partial charge < -0.3 is 10.6 Å². The molecule has 0 spiro atoms. The lowest BCUT2D eigenvalue weighted by Gasteiger charge is -2.06. The summed E-state index contributed by atoms with van der Waals surface area (Å²) in [5.41, 5.74) is 3.08. The fourth-order valence-corrected chi connectivity index (χ4v) is 2.93. The third-order valence-electron chi connectivity index (χ3n) is 4.42. The molecule has 2 heterocycles. The quantitative estimate of drug-likeness (QED) is 0.531. The lowest BCUT2D eigenvalue weighted by Crippen LogP contribution is -2.15. The third kappa shape index (κ3) is 4.25. The van der Waals surface area contributed by atoms with E-state index in [0.29, 0.717) is 22.8 Å². The number of aryl methyl sites for hydroxylation is 1. The molecule has 0 aliphatic carbocycles. The summed E-state index contributed by atoms with van der Waals surface area (Å²) in [6.07, 6.45) is 1.49. The first kappa shape index (κ1) is 19.1. The molecule has 30 heavy (non-hydrogen) atoms. The van der Waals surface area contributed by atoms with E-state index in [9.17, 15) is 9.59 Å². The molecule has 0 aliphatic heterocycles. The van der Waals surface area contributed by atoms with E-state index in [0.717, 1.165) is 11.4 Å². The molecule has 0 saturated heterocycles. The predicted octanol–water partition coefficient (Wildman–Crippen LogP) is 4.08. The van der Waals surface area contributed by atoms with Crippen LogP contribution in [0.25, 0.3) is 5.69 Å². The van der Waals surface area contributed by atoms with Gasteiger partial charge in [-0.05, 0) is 49.4 Å². The molecule has 4 aromatic rings. The number of hydrogen-bond donors (Lipinski definition) is 2. The average molecular weight is 397 g/mol. The zero-order valence-corrected chi connectivity index (χ0v) is 16.2. The molecule has 148 valence electrons. The van der Waals surface area contributed by atoms with E-state index in [2.05, 4.69) is 20.7 Å². The van der Waals surface area contributed by atoms with Crippen LogP contribution in [-0.4, -0.2) is 26.6 Å². The van der Waals surface area contributed by atoms with Crippen LogP contribution in [0.1, 0.15) is 26.5 Å². The molecule has 0 fully saturated rings. The van der Waals surface area contributed by atoms with Crippen molar-refractivity contribution < 1.29 is 9.59 Å². The summed E-state index contributed by atoms with van der Waals surface area (Å²) in [7, 11) is 0. The Kier molecular flexibility index (Phi) is 5.34. The SMILES string of the molecule is Cc1cc(C(=O)Nc2ccc(NC(=O)c3ccccc3)nc2)nn1-c1ccccc1. The Morgan fingerprint density at radius 1 is 0.833 bits per heavy atom. The van der Waals surface area contributed by atoms with Crippen LogP contribution in [0.4, 0.5) is 11.5 Å². The molecular weight excluding hydrogens is 378 g/mol. The molecule has 2 amide bonds. The number of benzene rings is 2. The zero-order valence-electron chi connectivity index (χ0n) is 16.2. The van der Waals surface area contributed by atoms with Gasteiger partial charge >= 0.3 is 0 Å². The standard InChI is InChI=1S/C23H19N5O2/c1-16-14-20(27-28(16)19-10-6-3-7-11-19)23(30)25-18-12-13-21(24-15-18)26-22(29)17-8-4-2-5-9-17/h2-15H,1H3,(H,25,30)(H,24,26,29). The van der Waals surface area contributed by atoms with Crippen molar-refractivity contribution in [3.63, 3.8) is 0 Å². The first-order valence-electron chi connectivity index (χ1n) is 9.36. The Balaban J connectivity index is 1.42. The van der Waals surface area contributed by atoms with Crippen LogP contribution in [-0.2, 0) is 0 Å². The molecule has 2 aromatic carbocycles. The fourth-order valence-electron chi connectivity index (χ4n) is 2.93. The first-order valence-corrected chi connectivity index (χ1v) is 9.36. The van der Waals surface area contributed by atoms with E-state index >= 15 is 0 Å². The Labute approximate surface area is 173 Å². The van der Waals surface area contributed by atoms with Gasteiger partial charge in [0.25, 0.3) is 11.8 Å². The second kappa shape index (κ2) is 8.40. The minimum atomic E-state index is -0.337. The smallest absolute Gasteiger partial charge is 0.276 e. The van der Waals surface area contributed by atoms with Crippen LogP contribution in [0, 0.1) is 6.92 Å². The van der Waals surface area contributed by atoms with Crippen LogP contribution in [0.3, 0.4) is 0 Å². The zero-order chi connectivity index (χ0) is 20.9. The molecule has 0 bridgehead atoms. The third-order valence-corrected chi connectivity index (χ3v) is 4.42. The summed E-state index contributed by atoms with van der Waals surface area (Å²) in [4.78, 5) is 28.9. The van der Waals surface area contributed by atoms with Crippen LogP contribution >= 0.6 is 0 Å². The van der Waals surface area contributed by atoms with Crippen LogP contribution in [0.2, 0.25) is 0 Å². The lowest BCUT2D eigenvalue weighted by molar-refractivity contribution is 0.101. The molecule has 0 saturated carbocycles. The van der Waals surface area contributed by atoms with E-state index < -0.39 is 0 Å². The lowest BCUT2D eigenvalue weighted by atomic mass is 10.2. The van der Waals surface area contributed by atoms with Crippen molar-refractivity contribution in [3.8, 4) is 5.69 Å². The topological polar surface area (TPSA) is 88.9 Å². The number of anilines is 2. The number of rotatable bonds is 5. The maximum atomic E-state index is 12.6. The van der Waals surface area contributed by atoms with Crippen LogP contribution < -0.4 is 10.6 Å². The monoisotopic (exact) mass is 397 g/mol.